The van der Waals surface area contributed by atoms with E-state index in [1.165, 1.54) is 33.0 Å². The molecule has 2 aliphatic rings. The highest BCUT2D eigenvalue weighted by Gasteiger charge is 2.61. The summed E-state index contributed by atoms with van der Waals surface area (Å²) < 4.78 is 36.2. The molecule has 0 amide bonds. The lowest BCUT2D eigenvalue weighted by atomic mass is 9.62. The van der Waals surface area contributed by atoms with Gasteiger partial charge in [-0.2, -0.15) is 0 Å². The van der Waals surface area contributed by atoms with Crippen molar-refractivity contribution in [2.45, 2.75) is 70.9 Å². The van der Waals surface area contributed by atoms with Gasteiger partial charge in [0.2, 0.25) is 0 Å². The third-order valence-electron chi connectivity index (χ3n) is 8.71. The van der Waals surface area contributed by atoms with Gasteiger partial charge in [0.15, 0.2) is 0 Å². The summed E-state index contributed by atoms with van der Waals surface area (Å²) in [6.45, 7) is 6.76. The molecule has 2 aromatic heterocycles. The van der Waals surface area contributed by atoms with Crippen LogP contribution in [0.3, 0.4) is 0 Å². The Morgan fingerprint density at radius 3 is 2.36 bits per heavy atom. The van der Waals surface area contributed by atoms with Crippen molar-refractivity contribution < 1.29 is 47.3 Å². The van der Waals surface area contributed by atoms with Crippen LogP contribution in [-0.2, 0) is 33.3 Å². The molecule has 1 aliphatic carbocycles. The summed E-state index contributed by atoms with van der Waals surface area (Å²) in [5, 5.41) is 0. The van der Waals surface area contributed by atoms with E-state index in [1.54, 1.807) is 56.4 Å². The summed E-state index contributed by atoms with van der Waals surface area (Å²) in [6.07, 6.45) is 1.13. The minimum Gasteiger partial charge on any atom is -0.482 e. The highest BCUT2D eigenvalue weighted by Crippen LogP contribution is 2.55. The number of ether oxygens (including phenoxy) is 5. The molecule has 6 atom stereocenters. The number of nitrogens with zero attached hydrogens (tertiary/aromatic N) is 1. The van der Waals surface area contributed by atoms with Crippen molar-refractivity contribution in [2.24, 2.45) is 11.8 Å². The van der Waals surface area contributed by atoms with E-state index in [2.05, 4.69) is 20.9 Å². The van der Waals surface area contributed by atoms with E-state index in [-0.39, 0.29) is 42.1 Å². The van der Waals surface area contributed by atoms with Crippen LogP contribution in [-0.4, -0.2) is 52.8 Å². The molecule has 0 radical (unpaired) electrons. The maximum atomic E-state index is 13.8. The minimum absolute atomic E-state index is 0.0398. The van der Waals surface area contributed by atoms with Crippen molar-refractivity contribution in [1.82, 2.24) is 4.98 Å². The van der Waals surface area contributed by atoms with Crippen molar-refractivity contribution >= 4 is 39.8 Å². The second-order valence-electron chi connectivity index (χ2n) is 12.1. The second-order valence-corrected chi connectivity index (χ2v) is 13.0. The number of aromatic nitrogens is 1. The number of halogens is 1. The number of hydrogen-bond donors (Lipinski definition) is 0. The maximum Gasteiger partial charge on any atom is 0.347 e. The fourth-order valence-corrected chi connectivity index (χ4v) is 6.69. The number of carbonyl (C=O) groups excluding carboxylic acids is 4. The highest BCUT2D eigenvalue weighted by atomic mass is 79.9. The van der Waals surface area contributed by atoms with Gasteiger partial charge in [0.05, 0.1) is 5.56 Å². The molecule has 248 valence electrons. The van der Waals surface area contributed by atoms with Gasteiger partial charge in [-0.25, -0.2) is 9.59 Å². The van der Waals surface area contributed by atoms with Crippen molar-refractivity contribution in [2.75, 3.05) is 6.61 Å². The monoisotopic (exact) mass is 711 g/mol. The summed E-state index contributed by atoms with van der Waals surface area (Å²) >= 11 is 3.36. The lowest BCUT2D eigenvalue weighted by Gasteiger charge is -2.55. The van der Waals surface area contributed by atoms with E-state index in [1.807, 2.05) is 0 Å². The highest BCUT2D eigenvalue weighted by molar-refractivity contribution is 9.10. The molecule has 0 spiro atoms. The number of pyridine rings is 1. The topological polar surface area (TPSA) is 158 Å². The molecule has 3 aromatic rings. The molecule has 0 unspecified atom stereocenters. The van der Waals surface area contributed by atoms with Crippen LogP contribution in [0.25, 0.3) is 11.3 Å². The third-order valence-corrected chi connectivity index (χ3v) is 9.24. The van der Waals surface area contributed by atoms with Crippen LogP contribution < -0.4 is 10.4 Å². The molecule has 47 heavy (non-hydrogen) atoms. The van der Waals surface area contributed by atoms with Crippen LogP contribution in [0.2, 0.25) is 0 Å². The predicted octanol–water partition coefficient (Wildman–Crippen LogP) is 5.36. The zero-order valence-corrected chi connectivity index (χ0v) is 28.0. The zero-order valence-electron chi connectivity index (χ0n) is 26.4. The Morgan fingerprint density at radius 2 is 1.74 bits per heavy atom. The smallest absolute Gasteiger partial charge is 0.347 e. The lowest BCUT2D eigenvalue weighted by Crippen LogP contribution is -2.63. The number of fused-ring (bicyclic) bond motifs is 2. The van der Waals surface area contributed by atoms with Crippen LogP contribution in [0.1, 0.15) is 69.5 Å². The SMILES string of the molecule is CC(=O)OC[C@](C)(OC(C)=O)[C@@H]1C[C@@H]2[C@@H](OC(=O)c3ccc(Br)cc3)c3c(cc(-c4cccnc4)oc3=O)O[C@@]2(C)[C@H](OC(C)=O)C1. The molecule has 1 aliphatic heterocycles. The average Bonchev–Trinajstić information content (AvgIpc) is 3.00. The molecular weight excluding hydrogens is 678 g/mol. The van der Waals surface area contributed by atoms with E-state index in [9.17, 15) is 24.0 Å². The molecule has 13 heteroatoms. The maximum absolute atomic E-state index is 13.8. The molecule has 0 N–H and O–H groups in total. The van der Waals surface area contributed by atoms with E-state index in [0.29, 0.717) is 5.56 Å². The van der Waals surface area contributed by atoms with Crippen molar-refractivity contribution in [3.63, 3.8) is 0 Å². The minimum atomic E-state index is -1.38. The molecule has 0 bridgehead atoms. The Morgan fingerprint density at radius 1 is 1.02 bits per heavy atom. The number of carbonyl (C=O) groups is 4. The van der Waals surface area contributed by atoms with Crippen molar-refractivity contribution in [3.8, 4) is 17.1 Å². The Bertz CT molecular complexity index is 1740. The van der Waals surface area contributed by atoms with Crippen LogP contribution in [0.4, 0.5) is 0 Å². The zero-order chi connectivity index (χ0) is 34.1. The van der Waals surface area contributed by atoms with Gasteiger partial charge in [-0.3, -0.25) is 19.4 Å². The van der Waals surface area contributed by atoms with Crippen LogP contribution >= 0.6 is 15.9 Å². The van der Waals surface area contributed by atoms with Gasteiger partial charge in [0.1, 0.15) is 47.1 Å². The molecule has 0 saturated heterocycles. The summed E-state index contributed by atoms with van der Waals surface area (Å²) in [5.41, 5.74) is -2.84. The summed E-state index contributed by atoms with van der Waals surface area (Å²) in [7, 11) is 0. The fraction of sp³-hybridized carbons (Fsp3) is 0.412. The quantitative estimate of drug-likeness (QED) is 0.218. The standard InChI is InChI=1S/C34H34BrNO11/c1-18(37)42-17-33(4,46-20(3)39)23-13-25-30(45-31(40)21-8-10-24(35)11-9-21)29-27(47-34(25,5)28(14-23)43-19(2)38)15-26(44-32(29)41)22-7-6-12-36-16-22/h6-12,15-16,23,25,28,30H,13-14,17H2,1-5H3/t23-,25-,28-,30-,33+,34-/m1/s1. The molecule has 1 saturated carbocycles. The fourth-order valence-electron chi connectivity index (χ4n) is 6.42. The van der Waals surface area contributed by atoms with Gasteiger partial charge in [-0.05, 0) is 63.1 Å². The van der Waals surface area contributed by atoms with Crippen LogP contribution in [0, 0.1) is 11.8 Å². The number of rotatable bonds is 8. The van der Waals surface area contributed by atoms with E-state index >= 15 is 0 Å². The van der Waals surface area contributed by atoms with Crippen LogP contribution in [0.5, 0.6) is 5.75 Å². The Kier molecular flexibility index (Phi) is 9.58. The van der Waals surface area contributed by atoms with Crippen molar-refractivity contribution in [3.05, 3.63) is 80.9 Å². The summed E-state index contributed by atoms with van der Waals surface area (Å²) in [4.78, 5) is 68.1. The first-order valence-electron chi connectivity index (χ1n) is 14.9. The Balaban J connectivity index is 1.67. The summed E-state index contributed by atoms with van der Waals surface area (Å²) in [5.74, 6) is -3.73. The summed E-state index contributed by atoms with van der Waals surface area (Å²) in [6, 6.07) is 11.4. The molecule has 1 fully saturated rings. The number of esters is 4. The normalized spacial score (nSPS) is 24.3. The van der Waals surface area contributed by atoms with E-state index in [0.717, 1.165) is 4.47 Å². The third kappa shape index (κ3) is 7.09. The predicted molar refractivity (Wildman–Crippen MR) is 168 cm³/mol. The molecule has 1 aromatic carbocycles. The molecular formula is C34H34BrNO11. The largest absolute Gasteiger partial charge is 0.482 e. The van der Waals surface area contributed by atoms with Gasteiger partial charge in [0.25, 0.3) is 0 Å². The second kappa shape index (κ2) is 13.3. The molecule has 5 rings (SSSR count). The first-order chi connectivity index (χ1) is 22.2. The Labute approximate surface area is 278 Å². The van der Waals surface area contributed by atoms with Gasteiger partial charge in [0, 0.05) is 61.1 Å². The van der Waals surface area contributed by atoms with Crippen LogP contribution in [0.15, 0.2) is 68.5 Å². The van der Waals surface area contributed by atoms with Gasteiger partial charge < -0.3 is 28.1 Å². The first-order valence-corrected chi connectivity index (χ1v) is 15.7. The van der Waals surface area contributed by atoms with Gasteiger partial charge in [-0.15, -0.1) is 0 Å². The van der Waals surface area contributed by atoms with E-state index < -0.39 is 64.7 Å². The van der Waals surface area contributed by atoms with Gasteiger partial charge in [-0.1, -0.05) is 15.9 Å². The van der Waals surface area contributed by atoms with Gasteiger partial charge >= 0.3 is 29.5 Å². The average molecular weight is 713 g/mol. The first kappa shape index (κ1) is 33.8. The lowest BCUT2D eigenvalue weighted by molar-refractivity contribution is -0.215. The van der Waals surface area contributed by atoms with E-state index in [4.69, 9.17) is 28.1 Å². The Hall–Kier alpha value is -4.52. The molecule has 3 heterocycles. The molecule has 12 nitrogen and oxygen atoms in total. The number of hydrogen-bond acceptors (Lipinski definition) is 12. The number of benzene rings is 1. The van der Waals surface area contributed by atoms with Crippen molar-refractivity contribution in [1.29, 1.82) is 0 Å².